The predicted molar refractivity (Wildman–Crippen MR) is 174 cm³/mol. The van der Waals surface area contributed by atoms with Crippen LogP contribution in [0.15, 0.2) is 77.1 Å². The van der Waals surface area contributed by atoms with E-state index < -0.39 is 12.3 Å². The third kappa shape index (κ3) is 9.69. The number of nitrogens with one attached hydrogen (secondary N) is 1. The van der Waals surface area contributed by atoms with Gasteiger partial charge in [0, 0.05) is 37.1 Å². The molecule has 1 aliphatic heterocycles. The van der Waals surface area contributed by atoms with Crippen LogP contribution in [-0.4, -0.2) is 44.1 Å². The van der Waals surface area contributed by atoms with Gasteiger partial charge in [0.05, 0.1) is 18.8 Å². The fourth-order valence-electron chi connectivity index (χ4n) is 5.10. The first-order chi connectivity index (χ1) is 21.9. The molecule has 45 heavy (non-hydrogen) atoms. The van der Waals surface area contributed by atoms with Crippen molar-refractivity contribution in [3.63, 3.8) is 0 Å². The Labute approximate surface area is 271 Å². The minimum atomic E-state index is -0.843. The van der Waals surface area contributed by atoms with Crippen molar-refractivity contribution < 1.29 is 29.3 Å². The highest BCUT2D eigenvalue weighted by Crippen LogP contribution is 2.40. The molecule has 4 aromatic rings. The standard InChI is InChI=1S/C34H37N3O6S2/c1-22-36-37-34(45-22)44-21-29-18-30(25-14-12-23(20-38)13-15-25)43-33(42-29)28-9-5-8-27(17-28)26-7-4-6-24(16-26)19-35-31(39)10-2-3-11-32(40)41/h4-9,12-17,29-30,33,38H,2-3,10-11,18-21H2,1H3,(H,35,39)(H,40,41)/t29-,30+,33+/m1/s1. The number of hydrogen-bond acceptors (Lipinski definition) is 9. The Bertz CT molecular complexity index is 1580. The number of amides is 1. The van der Waals surface area contributed by atoms with Crippen molar-refractivity contribution in [1.29, 1.82) is 0 Å². The van der Waals surface area contributed by atoms with Crippen LogP contribution in [0.1, 0.15) is 71.8 Å². The van der Waals surface area contributed by atoms with Gasteiger partial charge in [-0.2, -0.15) is 0 Å². The highest BCUT2D eigenvalue weighted by atomic mass is 32.2. The fourth-order valence-corrected chi connectivity index (χ4v) is 6.96. The van der Waals surface area contributed by atoms with Crippen LogP contribution in [0.5, 0.6) is 0 Å². The molecule has 2 heterocycles. The zero-order valence-electron chi connectivity index (χ0n) is 25.1. The largest absolute Gasteiger partial charge is 0.481 e. The number of rotatable bonds is 14. The monoisotopic (exact) mass is 647 g/mol. The first-order valence-corrected chi connectivity index (χ1v) is 16.8. The van der Waals surface area contributed by atoms with Crippen molar-refractivity contribution in [2.75, 3.05) is 5.75 Å². The Morgan fingerprint density at radius 3 is 2.42 bits per heavy atom. The topological polar surface area (TPSA) is 131 Å². The Morgan fingerprint density at radius 1 is 0.933 bits per heavy atom. The van der Waals surface area contributed by atoms with E-state index in [1.54, 1.807) is 23.1 Å². The minimum Gasteiger partial charge on any atom is -0.481 e. The number of ether oxygens (including phenoxy) is 2. The first kappa shape index (κ1) is 32.8. The quantitative estimate of drug-likeness (QED) is 0.102. The van der Waals surface area contributed by atoms with Gasteiger partial charge in [-0.25, -0.2) is 0 Å². The Hall–Kier alpha value is -3.61. The highest BCUT2D eigenvalue weighted by molar-refractivity contribution is 8.01. The molecule has 11 heteroatoms. The van der Waals surface area contributed by atoms with Crippen molar-refractivity contribution in [2.24, 2.45) is 0 Å². The molecule has 236 valence electrons. The molecular formula is C34H37N3O6S2. The molecule has 0 unspecified atom stereocenters. The summed E-state index contributed by atoms with van der Waals surface area (Å²) in [5, 5.41) is 30.5. The molecule has 1 amide bonds. The van der Waals surface area contributed by atoms with Crippen LogP contribution >= 0.6 is 23.1 Å². The van der Waals surface area contributed by atoms with E-state index in [-0.39, 0.29) is 31.1 Å². The number of carbonyl (C=O) groups is 2. The van der Waals surface area contributed by atoms with Gasteiger partial charge in [0.15, 0.2) is 10.6 Å². The van der Waals surface area contributed by atoms with E-state index >= 15 is 0 Å². The number of unbranched alkanes of at least 4 members (excludes halogenated alkanes) is 1. The van der Waals surface area contributed by atoms with E-state index in [9.17, 15) is 14.7 Å². The molecule has 5 rings (SSSR count). The maximum Gasteiger partial charge on any atom is 0.303 e. The molecule has 0 bridgehead atoms. The summed E-state index contributed by atoms with van der Waals surface area (Å²) in [5.74, 6) is -0.217. The summed E-state index contributed by atoms with van der Waals surface area (Å²) in [6, 6.07) is 24.0. The van der Waals surface area contributed by atoms with Crippen molar-refractivity contribution in [3.8, 4) is 11.1 Å². The predicted octanol–water partition coefficient (Wildman–Crippen LogP) is 6.60. The lowest BCUT2D eigenvalue weighted by Gasteiger charge is -2.36. The average molecular weight is 648 g/mol. The normalized spacial score (nSPS) is 18.0. The van der Waals surface area contributed by atoms with Gasteiger partial charge in [-0.1, -0.05) is 83.8 Å². The van der Waals surface area contributed by atoms with Crippen molar-refractivity contribution in [3.05, 3.63) is 100 Å². The zero-order valence-corrected chi connectivity index (χ0v) is 26.7. The van der Waals surface area contributed by atoms with Gasteiger partial charge in [-0.05, 0) is 59.7 Å². The molecule has 9 nitrogen and oxygen atoms in total. The van der Waals surface area contributed by atoms with Gasteiger partial charge >= 0.3 is 5.97 Å². The van der Waals surface area contributed by atoms with Gasteiger partial charge in [0.1, 0.15) is 5.01 Å². The van der Waals surface area contributed by atoms with Gasteiger partial charge in [0.25, 0.3) is 0 Å². The molecule has 3 N–H and O–H groups in total. The molecule has 1 fully saturated rings. The third-order valence-corrected chi connectivity index (χ3v) is 9.57. The summed E-state index contributed by atoms with van der Waals surface area (Å²) in [6.07, 6.45) is 1.27. The molecule has 0 spiro atoms. The number of benzene rings is 3. The molecule has 3 aromatic carbocycles. The number of aliphatic hydroxyl groups excluding tert-OH is 1. The summed E-state index contributed by atoms with van der Waals surface area (Å²) in [4.78, 5) is 22.9. The number of hydrogen-bond donors (Lipinski definition) is 3. The average Bonchev–Trinajstić information content (AvgIpc) is 3.49. The number of aromatic nitrogens is 2. The second-order valence-corrected chi connectivity index (χ2v) is 13.4. The van der Waals surface area contributed by atoms with Crippen LogP contribution < -0.4 is 5.32 Å². The lowest BCUT2D eigenvalue weighted by molar-refractivity contribution is -0.245. The molecule has 3 atom stereocenters. The van der Waals surface area contributed by atoms with E-state index in [0.717, 1.165) is 42.7 Å². The van der Waals surface area contributed by atoms with Crippen LogP contribution in [0.2, 0.25) is 0 Å². The second kappa shape index (κ2) is 16.1. The molecule has 0 aliphatic carbocycles. The van der Waals surface area contributed by atoms with Crippen LogP contribution in [0.25, 0.3) is 11.1 Å². The highest BCUT2D eigenvalue weighted by Gasteiger charge is 2.32. The van der Waals surface area contributed by atoms with E-state index in [2.05, 4.69) is 27.6 Å². The summed E-state index contributed by atoms with van der Waals surface area (Å²) >= 11 is 3.21. The number of aliphatic hydroxyl groups is 1. The number of carbonyl (C=O) groups excluding carboxylic acids is 1. The number of carboxylic acid groups (broad SMARTS) is 1. The molecular weight excluding hydrogens is 611 g/mol. The van der Waals surface area contributed by atoms with Crippen LogP contribution in [-0.2, 0) is 32.2 Å². The van der Waals surface area contributed by atoms with Crippen LogP contribution in [0.4, 0.5) is 0 Å². The maximum atomic E-state index is 12.2. The number of aryl methyl sites for hydroxylation is 1. The Balaban J connectivity index is 1.28. The zero-order chi connectivity index (χ0) is 31.6. The Morgan fingerprint density at radius 2 is 1.69 bits per heavy atom. The molecule has 0 radical (unpaired) electrons. The van der Waals surface area contributed by atoms with Gasteiger partial charge in [0.2, 0.25) is 5.91 Å². The minimum absolute atomic E-state index is 0.00691. The first-order valence-electron chi connectivity index (χ1n) is 15.0. The summed E-state index contributed by atoms with van der Waals surface area (Å²) < 4.78 is 14.0. The van der Waals surface area contributed by atoms with Crippen molar-refractivity contribution in [1.82, 2.24) is 15.5 Å². The fraction of sp³-hybridized carbons (Fsp3) is 0.353. The van der Waals surface area contributed by atoms with Crippen molar-refractivity contribution >= 4 is 35.0 Å². The molecule has 1 saturated heterocycles. The lowest BCUT2D eigenvalue weighted by Crippen LogP contribution is -2.31. The molecule has 0 saturated carbocycles. The van der Waals surface area contributed by atoms with Crippen LogP contribution in [0, 0.1) is 6.92 Å². The van der Waals surface area contributed by atoms with Crippen molar-refractivity contribution in [2.45, 2.75) is 75.0 Å². The lowest BCUT2D eigenvalue weighted by atomic mass is 9.99. The van der Waals surface area contributed by atoms with Crippen LogP contribution in [0.3, 0.4) is 0 Å². The van der Waals surface area contributed by atoms with E-state index in [1.165, 1.54) is 0 Å². The number of aliphatic carboxylic acids is 1. The Kier molecular flexibility index (Phi) is 11.7. The number of carboxylic acids is 1. The molecule has 1 aromatic heterocycles. The number of thioether (sulfide) groups is 1. The third-order valence-electron chi connectivity index (χ3n) is 7.47. The smallest absolute Gasteiger partial charge is 0.303 e. The van der Waals surface area contributed by atoms with Gasteiger partial charge in [-0.3, -0.25) is 9.59 Å². The SMILES string of the molecule is Cc1nnc(SC[C@H]2C[C@@H](c3ccc(CO)cc3)O[C@@H](c3cccc(-c4cccc(CNC(=O)CCCCC(=O)O)c4)c3)O2)s1. The number of nitrogens with zero attached hydrogens (tertiary/aromatic N) is 2. The van der Waals surface area contributed by atoms with E-state index in [4.69, 9.17) is 14.6 Å². The maximum absolute atomic E-state index is 12.2. The second-order valence-electron chi connectivity index (χ2n) is 11.0. The summed E-state index contributed by atoms with van der Waals surface area (Å²) in [5.41, 5.74) is 5.78. The summed E-state index contributed by atoms with van der Waals surface area (Å²) in [6.45, 7) is 2.33. The van der Waals surface area contributed by atoms with E-state index in [0.29, 0.717) is 38.0 Å². The molecule has 1 aliphatic rings. The van der Waals surface area contributed by atoms with Gasteiger partial charge in [-0.15, -0.1) is 10.2 Å². The van der Waals surface area contributed by atoms with E-state index in [1.807, 2.05) is 67.6 Å². The summed E-state index contributed by atoms with van der Waals surface area (Å²) in [7, 11) is 0. The van der Waals surface area contributed by atoms with Gasteiger partial charge < -0.3 is 25.0 Å².